The normalized spacial score (nSPS) is 11.9. The maximum atomic E-state index is 13.4. The number of carboxylic acids is 1. The molecule has 1 rings (SSSR count). The highest BCUT2D eigenvalue weighted by Gasteiger charge is 2.19. The first-order chi connectivity index (χ1) is 8.45. The fraction of sp³-hybridized carbons (Fsp3) is 0.273. The molecule has 1 amide bonds. The van der Waals surface area contributed by atoms with Gasteiger partial charge in [-0.15, -0.1) is 0 Å². The molecule has 18 heavy (non-hydrogen) atoms. The van der Waals surface area contributed by atoms with Crippen LogP contribution in [0.4, 0.5) is 4.39 Å². The molecule has 1 aromatic rings. The van der Waals surface area contributed by atoms with Crippen LogP contribution in [0.5, 0.6) is 0 Å². The molecule has 0 aliphatic rings. The lowest BCUT2D eigenvalue weighted by molar-refractivity contribution is -0.148. The molecule has 1 unspecified atom stereocenters. The molecule has 0 aliphatic heterocycles. The Balaban J connectivity index is 2.71. The number of methoxy groups -OCH3 is 1. The van der Waals surface area contributed by atoms with Crippen molar-refractivity contribution in [3.63, 3.8) is 0 Å². The van der Waals surface area contributed by atoms with E-state index >= 15 is 0 Å². The minimum atomic E-state index is -1.20. The van der Waals surface area contributed by atoms with Gasteiger partial charge in [0.15, 0.2) is 6.10 Å². The second-order valence-electron chi connectivity index (χ2n) is 3.40. The van der Waals surface area contributed by atoms with Crippen molar-refractivity contribution in [2.45, 2.75) is 6.10 Å². The molecule has 0 saturated heterocycles. The number of rotatable bonds is 5. The van der Waals surface area contributed by atoms with E-state index in [1.165, 1.54) is 19.2 Å². The summed E-state index contributed by atoms with van der Waals surface area (Å²) in [6, 6.07) is 3.92. The van der Waals surface area contributed by atoms with E-state index in [-0.39, 0.29) is 12.1 Å². The molecular formula is C11H11BrFNO4. The van der Waals surface area contributed by atoms with Crippen LogP contribution in [-0.2, 0) is 9.53 Å². The summed E-state index contributed by atoms with van der Waals surface area (Å²) in [7, 11) is 1.21. The molecule has 0 radical (unpaired) electrons. The molecule has 5 nitrogen and oxygen atoms in total. The third-order valence-electron chi connectivity index (χ3n) is 2.18. The molecule has 7 heteroatoms. The average Bonchev–Trinajstić information content (AvgIpc) is 2.32. The Morgan fingerprint density at radius 1 is 1.56 bits per heavy atom. The topological polar surface area (TPSA) is 75.6 Å². The Labute approximate surface area is 111 Å². The van der Waals surface area contributed by atoms with Crippen molar-refractivity contribution in [3.8, 4) is 0 Å². The Hall–Kier alpha value is -1.47. The van der Waals surface area contributed by atoms with Gasteiger partial charge in [0.05, 0.1) is 12.1 Å². The number of amides is 1. The highest BCUT2D eigenvalue weighted by atomic mass is 79.9. The summed E-state index contributed by atoms with van der Waals surface area (Å²) in [5, 5.41) is 11.0. The molecule has 0 aromatic heterocycles. The quantitative estimate of drug-likeness (QED) is 0.860. The summed E-state index contributed by atoms with van der Waals surface area (Å²) in [5.41, 5.74) is -0.162. The molecule has 0 bridgehead atoms. The van der Waals surface area contributed by atoms with Crippen LogP contribution in [0.3, 0.4) is 0 Å². The minimum Gasteiger partial charge on any atom is -0.479 e. The lowest BCUT2D eigenvalue weighted by Crippen LogP contribution is -2.38. The monoisotopic (exact) mass is 319 g/mol. The summed E-state index contributed by atoms with van der Waals surface area (Å²) in [6.45, 7) is -0.239. The summed E-state index contributed by atoms with van der Waals surface area (Å²) in [4.78, 5) is 22.3. The summed E-state index contributed by atoms with van der Waals surface area (Å²) >= 11 is 3.12. The van der Waals surface area contributed by atoms with Crippen LogP contribution in [0.1, 0.15) is 10.4 Å². The maximum Gasteiger partial charge on any atom is 0.334 e. The van der Waals surface area contributed by atoms with Crippen molar-refractivity contribution in [3.05, 3.63) is 34.1 Å². The fourth-order valence-corrected chi connectivity index (χ4v) is 1.58. The van der Waals surface area contributed by atoms with Crippen LogP contribution >= 0.6 is 15.9 Å². The van der Waals surface area contributed by atoms with E-state index in [0.29, 0.717) is 4.47 Å². The number of carbonyl (C=O) groups is 2. The van der Waals surface area contributed by atoms with Gasteiger partial charge in [-0.2, -0.15) is 0 Å². The van der Waals surface area contributed by atoms with Crippen molar-refractivity contribution in [1.82, 2.24) is 5.32 Å². The van der Waals surface area contributed by atoms with Gasteiger partial charge in [-0.3, -0.25) is 4.79 Å². The van der Waals surface area contributed by atoms with E-state index in [1.54, 1.807) is 0 Å². The highest BCUT2D eigenvalue weighted by molar-refractivity contribution is 9.10. The Morgan fingerprint density at radius 2 is 2.22 bits per heavy atom. The van der Waals surface area contributed by atoms with Gasteiger partial charge in [0.1, 0.15) is 5.82 Å². The van der Waals surface area contributed by atoms with E-state index in [9.17, 15) is 14.0 Å². The van der Waals surface area contributed by atoms with E-state index in [2.05, 4.69) is 26.0 Å². The first-order valence-electron chi connectivity index (χ1n) is 4.94. The third kappa shape index (κ3) is 3.78. The second kappa shape index (κ2) is 6.46. The van der Waals surface area contributed by atoms with E-state index in [1.807, 2.05) is 0 Å². The van der Waals surface area contributed by atoms with Gasteiger partial charge in [0.25, 0.3) is 5.91 Å². The van der Waals surface area contributed by atoms with Crippen molar-refractivity contribution in [1.29, 1.82) is 0 Å². The molecule has 0 fully saturated rings. The maximum absolute atomic E-state index is 13.4. The summed E-state index contributed by atoms with van der Waals surface area (Å²) < 4.78 is 18.5. The lowest BCUT2D eigenvalue weighted by Gasteiger charge is -2.11. The Bertz CT molecular complexity index is 466. The van der Waals surface area contributed by atoms with Crippen molar-refractivity contribution < 1.29 is 23.8 Å². The zero-order chi connectivity index (χ0) is 13.7. The van der Waals surface area contributed by atoms with Crippen LogP contribution in [0.15, 0.2) is 22.7 Å². The van der Waals surface area contributed by atoms with Gasteiger partial charge in [0.2, 0.25) is 0 Å². The molecule has 2 N–H and O–H groups in total. The number of benzene rings is 1. The van der Waals surface area contributed by atoms with E-state index in [0.717, 1.165) is 6.07 Å². The highest BCUT2D eigenvalue weighted by Crippen LogP contribution is 2.15. The van der Waals surface area contributed by atoms with Crippen LogP contribution < -0.4 is 5.32 Å². The molecule has 0 spiro atoms. The molecule has 0 saturated carbocycles. The number of aliphatic carboxylic acids is 1. The molecular weight excluding hydrogens is 309 g/mol. The predicted octanol–water partition coefficient (Wildman–Crippen LogP) is 1.42. The minimum absolute atomic E-state index is 0.162. The van der Waals surface area contributed by atoms with E-state index in [4.69, 9.17) is 5.11 Å². The van der Waals surface area contributed by atoms with Gasteiger partial charge < -0.3 is 15.2 Å². The van der Waals surface area contributed by atoms with Gasteiger partial charge in [-0.05, 0) is 18.2 Å². The van der Waals surface area contributed by atoms with Gasteiger partial charge in [0, 0.05) is 11.6 Å². The standard InChI is InChI=1S/C11H11BrFNO4/c1-18-9(11(16)17)5-14-10(15)7-4-6(12)2-3-8(7)13/h2-4,9H,5H2,1H3,(H,14,15)(H,16,17). The second-order valence-corrected chi connectivity index (χ2v) is 4.31. The molecule has 0 heterocycles. The Morgan fingerprint density at radius 3 is 2.78 bits per heavy atom. The van der Waals surface area contributed by atoms with E-state index < -0.39 is 23.8 Å². The van der Waals surface area contributed by atoms with Crippen LogP contribution in [0.2, 0.25) is 0 Å². The first kappa shape index (κ1) is 14.6. The summed E-state index contributed by atoms with van der Waals surface area (Å²) in [5.74, 6) is -2.58. The van der Waals surface area contributed by atoms with Crippen LogP contribution in [-0.4, -0.2) is 36.7 Å². The number of halogens is 2. The van der Waals surface area contributed by atoms with Crippen LogP contribution in [0.25, 0.3) is 0 Å². The smallest absolute Gasteiger partial charge is 0.334 e. The fourth-order valence-electron chi connectivity index (χ4n) is 1.22. The molecule has 1 atom stereocenters. The van der Waals surface area contributed by atoms with Gasteiger partial charge in [-0.25, -0.2) is 9.18 Å². The summed E-state index contributed by atoms with van der Waals surface area (Å²) in [6.07, 6.45) is -1.16. The number of carboxylic acid groups (broad SMARTS) is 1. The van der Waals surface area contributed by atoms with Crippen molar-refractivity contribution >= 4 is 27.8 Å². The SMILES string of the molecule is COC(CNC(=O)c1cc(Br)ccc1F)C(=O)O. The third-order valence-corrected chi connectivity index (χ3v) is 2.67. The number of hydrogen-bond acceptors (Lipinski definition) is 3. The average molecular weight is 320 g/mol. The number of hydrogen-bond donors (Lipinski definition) is 2. The molecule has 1 aromatic carbocycles. The Kier molecular flexibility index (Phi) is 5.24. The molecule has 0 aliphatic carbocycles. The van der Waals surface area contributed by atoms with Gasteiger partial charge >= 0.3 is 5.97 Å². The number of carbonyl (C=O) groups excluding carboxylic acids is 1. The van der Waals surface area contributed by atoms with Gasteiger partial charge in [-0.1, -0.05) is 15.9 Å². The van der Waals surface area contributed by atoms with Crippen molar-refractivity contribution in [2.75, 3.05) is 13.7 Å². The van der Waals surface area contributed by atoms with Crippen LogP contribution in [0, 0.1) is 5.82 Å². The largest absolute Gasteiger partial charge is 0.479 e. The first-order valence-corrected chi connectivity index (χ1v) is 5.74. The lowest BCUT2D eigenvalue weighted by atomic mass is 10.2. The number of nitrogens with one attached hydrogen (secondary N) is 1. The zero-order valence-corrected chi connectivity index (χ0v) is 11.0. The number of ether oxygens (including phenoxy) is 1. The molecule has 98 valence electrons. The predicted molar refractivity (Wildman–Crippen MR) is 64.9 cm³/mol. The van der Waals surface area contributed by atoms with Crippen molar-refractivity contribution in [2.24, 2.45) is 0 Å². The zero-order valence-electron chi connectivity index (χ0n) is 9.44.